The van der Waals surface area contributed by atoms with Crippen LogP contribution in [0.2, 0.25) is 0 Å². The molecule has 1 aliphatic carbocycles. The molecule has 1 saturated carbocycles. The molecule has 1 heterocycles. The quantitative estimate of drug-likeness (QED) is 0.885. The Kier molecular flexibility index (Phi) is 5.14. The molecule has 106 valence electrons. The molecular weight excluding hydrogens is 236 g/mol. The van der Waals surface area contributed by atoms with Crippen LogP contribution in [0.4, 0.5) is 5.95 Å². The van der Waals surface area contributed by atoms with Crippen molar-refractivity contribution in [3.05, 3.63) is 18.0 Å². The maximum atomic E-state index is 5.78. The molecule has 4 heteroatoms. The van der Waals surface area contributed by atoms with Crippen LogP contribution < -0.4 is 10.6 Å². The summed E-state index contributed by atoms with van der Waals surface area (Å²) in [7, 11) is 2.09. The molecule has 1 aliphatic rings. The van der Waals surface area contributed by atoms with E-state index in [1.54, 1.807) is 0 Å². The Hall–Kier alpha value is -1.16. The predicted octanol–water partition coefficient (Wildman–Crippen LogP) is 2.38. The van der Waals surface area contributed by atoms with Crippen LogP contribution in [0.3, 0.4) is 0 Å². The lowest BCUT2D eigenvalue weighted by atomic mass is 9.89. The Bertz CT molecular complexity index is 368. The summed E-state index contributed by atoms with van der Waals surface area (Å²) in [6.45, 7) is 3.08. The number of anilines is 1. The van der Waals surface area contributed by atoms with Gasteiger partial charge in [0.15, 0.2) is 0 Å². The Balaban J connectivity index is 1.89. The average Bonchev–Trinajstić information content (AvgIpc) is 2.40. The highest BCUT2D eigenvalue weighted by molar-refractivity contribution is 5.28. The Labute approximate surface area is 116 Å². The topological polar surface area (TPSA) is 55.0 Å². The Morgan fingerprint density at radius 1 is 1.26 bits per heavy atom. The molecule has 1 fully saturated rings. The molecule has 2 N–H and O–H groups in total. The molecule has 1 unspecified atom stereocenters. The second kappa shape index (κ2) is 6.85. The molecule has 0 radical (unpaired) electrons. The van der Waals surface area contributed by atoms with Gasteiger partial charge in [-0.25, -0.2) is 9.97 Å². The molecule has 1 aromatic heterocycles. The Morgan fingerprint density at radius 3 is 2.47 bits per heavy atom. The zero-order valence-corrected chi connectivity index (χ0v) is 12.2. The molecule has 0 bridgehead atoms. The minimum atomic E-state index is 0.161. The van der Waals surface area contributed by atoms with Crippen molar-refractivity contribution in [1.82, 2.24) is 9.97 Å². The number of hydrogen-bond acceptors (Lipinski definition) is 4. The highest BCUT2D eigenvalue weighted by Crippen LogP contribution is 2.24. The van der Waals surface area contributed by atoms with Crippen molar-refractivity contribution in [1.29, 1.82) is 0 Å². The van der Waals surface area contributed by atoms with Crippen LogP contribution in [0.15, 0.2) is 12.4 Å². The van der Waals surface area contributed by atoms with Gasteiger partial charge in [-0.05, 0) is 37.7 Å². The van der Waals surface area contributed by atoms with Gasteiger partial charge in [0, 0.05) is 32.0 Å². The molecule has 1 atom stereocenters. The van der Waals surface area contributed by atoms with Crippen molar-refractivity contribution >= 4 is 5.95 Å². The number of nitrogens with zero attached hydrogens (tertiary/aromatic N) is 3. The number of rotatable bonds is 5. The minimum Gasteiger partial charge on any atom is -0.344 e. The average molecular weight is 262 g/mol. The van der Waals surface area contributed by atoms with Crippen molar-refractivity contribution < 1.29 is 0 Å². The van der Waals surface area contributed by atoms with Gasteiger partial charge in [-0.2, -0.15) is 0 Å². The SMILES string of the molecule is CC(N)Cc1cnc(N(C)CC2CCCCC2)nc1. The molecule has 19 heavy (non-hydrogen) atoms. The van der Waals surface area contributed by atoms with E-state index in [0.29, 0.717) is 0 Å². The first kappa shape index (κ1) is 14.3. The van der Waals surface area contributed by atoms with Crippen molar-refractivity contribution in [2.24, 2.45) is 11.7 Å². The van der Waals surface area contributed by atoms with Crippen molar-refractivity contribution in [2.75, 3.05) is 18.5 Å². The van der Waals surface area contributed by atoms with E-state index >= 15 is 0 Å². The summed E-state index contributed by atoms with van der Waals surface area (Å²) in [4.78, 5) is 11.1. The van der Waals surface area contributed by atoms with Gasteiger partial charge < -0.3 is 10.6 Å². The molecule has 0 amide bonds. The van der Waals surface area contributed by atoms with Crippen molar-refractivity contribution in [3.63, 3.8) is 0 Å². The zero-order chi connectivity index (χ0) is 13.7. The van der Waals surface area contributed by atoms with Crippen molar-refractivity contribution in [2.45, 2.75) is 51.5 Å². The molecule has 4 nitrogen and oxygen atoms in total. The molecule has 2 rings (SSSR count). The van der Waals surface area contributed by atoms with Crippen LogP contribution in [0, 0.1) is 5.92 Å². The van der Waals surface area contributed by atoms with Gasteiger partial charge in [-0.15, -0.1) is 0 Å². The van der Waals surface area contributed by atoms with Crippen LogP contribution in [-0.2, 0) is 6.42 Å². The summed E-state index contributed by atoms with van der Waals surface area (Å²) in [5.41, 5.74) is 6.90. The zero-order valence-electron chi connectivity index (χ0n) is 12.2. The van der Waals surface area contributed by atoms with E-state index in [0.717, 1.165) is 30.4 Å². The maximum absolute atomic E-state index is 5.78. The minimum absolute atomic E-state index is 0.161. The van der Waals surface area contributed by atoms with Gasteiger partial charge in [-0.3, -0.25) is 0 Å². The lowest BCUT2D eigenvalue weighted by Gasteiger charge is -2.27. The third-order valence-corrected chi connectivity index (χ3v) is 3.85. The standard InChI is InChI=1S/C15H26N4/c1-12(16)8-14-9-17-15(18-10-14)19(2)11-13-6-4-3-5-7-13/h9-10,12-13H,3-8,11,16H2,1-2H3. The summed E-state index contributed by atoms with van der Waals surface area (Å²) in [5, 5.41) is 0. The monoisotopic (exact) mass is 262 g/mol. The fraction of sp³-hybridized carbons (Fsp3) is 0.733. The number of hydrogen-bond donors (Lipinski definition) is 1. The van der Waals surface area contributed by atoms with E-state index in [4.69, 9.17) is 5.73 Å². The fourth-order valence-corrected chi connectivity index (χ4v) is 2.86. The van der Waals surface area contributed by atoms with E-state index in [1.807, 2.05) is 19.3 Å². The maximum Gasteiger partial charge on any atom is 0.224 e. The number of aromatic nitrogens is 2. The largest absolute Gasteiger partial charge is 0.344 e. The summed E-state index contributed by atoms with van der Waals surface area (Å²) >= 11 is 0. The van der Waals surface area contributed by atoms with Gasteiger partial charge in [0.25, 0.3) is 0 Å². The van der Waals surface area contributed by atoms with Crippen LogP contribution >= 0.6 is 0 Å². The van der Waals surface area contributed by atoms with Gasteiger partial charge in [0.2, 0.25) is 5.95 Å². The van der Waals surface area contributed by atoms with E-state index in [2.05, 4.69) is 21.9 Å². The second-order valence-electron chi connectivity index (χ2n) is 5.96. The summed E-state index contributed by atoms with van der Waals surface area (Å²) in [6, 6.07) is 0.161. The normalized spacial score (nSPS) is 18.3. The van der Waals surface area contributed by atoms with E-state index < -0.39 is 0 Å². The van der Waals surface area contributed by atoms with Gasteiger partial charge in [0.05, 0.1) is 0 Å². The van der Waals surface area contributed by atoms with Crippen LogP contribution in [-0.4, -0.2) is 29.6 Å². The van der Waals surface area contributed by atoms with E-state index in [-0.39, 0.29) is 6.04 Å². The van der Waals surface area contributed by atoms with Gasteiger partial charge in [0.1, 0.15) is 0 Å². The molecule has 1 aromatic rings. The first-order valence-corrected chi connectivity index (χ1v) is 7.43. The highest BCUT2D eigenvalue weighted by atomic mass is 15.2. The van der Waals surface area contributed by atoms with E-state index in [9.17, 15) is 0 Å². The first-order valence-electron chi connectivity index (χ1n) is 7.43. The molecule has 0 aliphatic heterocycles. The van der Waals surface area contributed by atoms with Crippen molar-refractivity contribution in [3.8, 4) is 0 Å². The lowest BCUT2D eigenvalue weighted by molar-refractivity contribution is 0.361. The van der Waals surface area contributed by atoms with Crippen LogP contribution in [0.5, 0.6) is 0 Å². The summed E-state index contributed by atoms with van der Waals surface area (Å²) in [5.74, 6) is 1.64. The van der Waals surface area contributed by atoms with Crippen LogP contribution in [0.1, 0.15) is 44.6 Å². The smallest absolute Gasteiger partial charge is 0.224 e. The third-order valence-electron chi connectivity index (χ3n) is 3.85. The van der Waals surface area contributed by atoms with Crippen LogP contribution in [0.25, 0.3) is 0 Å². The van der Waals surface area contributed by atoms with E-state index in [1.165, 1.54) is 32.1 Å². The third kappa shape index (κ3) is 4.46. The predicted molar refractivity (Wildman–Crippen MR) is 79.2 cm³/mol. The summed E-state index contributed by atoms with van der Waals surface area (Å²) in [6.07, 6.45) is 11.5. The first-order chi connectivity index (χ1) is 9.15. The Morgan fingerprint density at radius 2 is 1.89 bits per heavy atom. The highest BCUT2D eigenvalue weighted by Gasteiger charge is 2.16. The molecule has 0 aromatic carbocycles. The second-order valence-corrected chi connectivity index (χ2v) is 5.96. The van der Waals surface area contributed by atoms with Gasteiger partial charge >= 0.3 is 0 Å². The number of nitrogens with two attached hydrogens (primary N) is 1. The lowest BCUT2D eigenvalue weighted by Crippen LogP contribution is -2.28. The molecule has 0 spiro atoms. The van der Waals surface area contributed by atoms with Gasteiger partial charge in [-0.1, -0.05) is 19.3 Å². The molecule has 0 saturated heterocycles. The summed E-state index contributed by atoms with van der Waals surface area (Å²) < 4.78 is 0. The molecular formula is C15H26N4. The fourth-order valence-electron chi connectivity index (χ4n) is 2.86.